The Bertz CT molecular complexity index is 517. The van der Waals surface area contributed by atoms with Gasteiger partial charge in [-0.05, 0) is 60.1 Å². The average molecular weight is 375 g/mol. The van der Waals surface area contributed by atoms with Gasteiger partial charge in [0, 0.05) is 9.61 Å². The first-order valence-corrected chi connectivity index (χ1v) is 7.07. The minimum atomic E-state index is -0.811. The molecule has 0 spiro atoms. The third-order valence-corrected chi connectivity index (χ3v) is 3.99. The van der Waals surface area contributed by atoms with Crippen LogP contribution >= 0.6 is 22.6 Å². The van der Waals surface area contributed by atoms with E-state index in [1.807, 2.05) is 0 Å². The van der Waals surface area contributed by atoms with E-state index >= 15 is 0 Å². The number of aliphatic carboxylic acids is 1. The predicted molar refractivity (Wildman–Crippen MR) is 77.1 cm³/mol. The number of phenolic OH excluding ortho intramolecular Hbond substituents is 1. The van der Waals surface area contributed by atoms with Gasteiger partial charge in [-0.15, -0.1) is 0 Å². The molecule has 19 heavy (non-hydrogen) atoms. The summed E-state index contributed by atoms with van der Waals surface area (Å²) in [4.78, 5) is 22.9. The summed E-state index contributed by atoms with van der Waals surface area (Å²) < 4.78 is 0.857. The van der Waals surface area contributed by atoms with Crippen molar-refractivity contribution in [3.63, 3.8) is 0 Å². The molecule has 0 saturated heterocycles. The summed E-state index contributed by atoms with van der Waals surface area (Å²) in [6.07, 6.45) is 1.69. The highest BCUT2D eigenvalue weighted by atomic mass is 127. The Morgan fingerprint density at radius 3 is 2.68 bits per heavy atom. The van der Waals surface area contributed by atoms with Gasteiger partial charge in [-0.25, -0.2) is 0 Å². The van der Waals surface area contributed by atoms with E-state index in [2.05, 4.69) is 27.9 Å². The second-order valence-electron chi connectivity index (χ2n) is 4.68. The van der Waals surface area contributed by atoms with E-state index in [-0.39, 0.29) is 29.2 Å². The van der Waals surface area contributed by atoms with Gasteiger partial charge >= 0.3 is 5.97 Å². The number of halogens is 1. The Balaban J connectivity index is 2.02. The normalized spacial score (nSPS) is 22.2. The number of rotatable bonds is 3. The molecule has 0 aliphatic heterocycles. The molecule has 2 unspecified atom stereocenters. The highest BCUT2D eigenvalue weighted by molar-refractivity contribution is 14.1. The standard InChI is InChI=1S/C13H14INO4/c14-8-2-4-11(16)10(6-8)12(17)15-9-3-1-7(5-9)13(18)19/h2,4,6-7,9,16H,1,3,5H2,(H,15,17)(H,18,19). The summed E-state index contributed by atoms with van der Waals surface area (Å²) >= 11 is 2.06. The molecule has 1 fully saturated rings. The second-order valence-corrected chi connectivity index (χ2v) is 5.93. The molecule has 1 amide bonds. The van der Waals surface area contributed by atoms with Gasteiger partial charge in [0.1, 0.15) is 5.75 Å². The molecule has 0 heterocycles. The number of amides is 1. The van der Waals surface area contributed by atoms with Gasteiger partial charge in [-0.2, -0.15) is 0 Å². The number of carbonyl (C=O) groups excluding carboxylic acids is 1. The lowest BCUT2D eigenvalue weighted by atomic mass is 10.1. The fraction of sp³-hybridized carbons (Fsp3) is 0.385. The zero-order valence-electron chi connectivity index (χ0n) is 10.1. The summed E-state index contributed by atoms with van der Waals surface area (Å²) in [6.45, 7) is 0. The maximum absolute atomic E-state index is 12.0. The summed E-state index contributed by atoms with van der Waals surface area (Å²) in [5.74, 6) is -1.61. The van der Waals surface area contributed by atoms with Gasteiger partial charge in [0.2, 0.25) is 0 Å². The van der Waals surface area contributed by atoms with E-state index in [0.29, 0.717) is 19.3 Å². The minimum Gasteiger partial charge on any atom is -0.507 e. The van der Waals surface area contributed by atoms with Crippen LogP contribution in [0, 0.1) is 9.49 Å². The van der Waals surface area contributed by atoms with Crippen molar-refractivity contribution in [2.45, 2.75) is 25.3 Å². The Morgan fingerprint density at radius 2 is 2.05 bits per heavy atom. The minimum absolute atomic E-state index is 0.0642. The number of carboxylic acid groups (broad SMARTS) is 1. The largest absolute Gasteiger partial charge is 0.507 e. The van der Waals surface area contributed by atoms with Gasteiger partial charge in [0.05, 0.1) is 11.5 Å². The lowest BCUT2D eigenvalue weighted by molar-refractivity contribution is -0.141. The molecule has 1 aromatic carbocycles. The fourth-order valence-corrected chi connectivity index (χ4v) is 2.78. The van der Waals surface area contributed by atoms with E-state index in [1.165, 1.54) is 6.07 Å². The molecule has 1 aliphatic carbocycles. The van der Waals surface area contributed by atoms with Crippen LogP contribution in [0.15, 0.2) is 18.2 Å². The Labute approximate surface area is 124 Å². The highest BCUT2D eigenvalue weighted by Gasteiger charge is 2.31. The van der Waals surface area contributed by atoms with Gasteiger partial charge in [0.15, 0.2) is 0 Å². The second kappa shape index (κ2) is 5.77. The van der Waals surface area contributed by atoms with Crippen molar-refractivity contribution in [2.75, 3.05) is 0 Å². The fourth-order valence-electron chi connectivity index (χ4n) is 2.29. The van der Waals surface area contributed by atoms with Gasteiger partial charge in [-0.3, -0.25) is 9.59 Å². The molecule has 0 radical (unpaired) electrons. The van der Waals surface area contributed by atoms with Gasteiger partial charge in [-0.1, -0.05) is 0 Å². The predicted octanol–water partition coefficient (Wildman–Crippen LogP) is 1.98. The Kier molecular flexibility index (Phi) is 4.28. The zero-order chi connectivity index (χ0) is 14.0. The van der Waals surface area contributed by atoms with Crippen molar-refractivity contribution in [3.8, 4) is 5.75 Å². The van der Waals surface area contributed by atoms with Crippen molar-refractivity contribution in [1.82, 2.24) is 5.32 Å². The molecule has 5 nitrogen and oxygen atoms in total. The van der Waals surface area contributed by atoms with Gasteiger partial charge in [0.25, 0.3) is 5.91 Å². The molecule has 1 aliphatic rings. The molecule has 2 rings (SSSR count). The number of nitrogens with one attached hydrogen (secondary N) is 1. The van der Waals surface area contributed by atoms with Crippen LogP contribution in [-0.2, 0) is 4.79 Å². The smallest absolute Gasteiger partial charge is 0.306 e. The monoisotopic (exact) mass is 375 g/mol. The molecule has 1 aromatic rings. The van der Waals surface area contributed by atoms with Crippen LogP contribution in [0.25, 0.3) is 0 Å². The Morgan fingerprint density at radius 1 is 1.32 bits per heavy atom. The maximum Gasteiger partial charge on any atom is 0.306 e. The molecular weight excluding hydrogens is 361 g/mol. The van der Waals surface area contributed by atoms with Crippen molar-refractivity contribution in [2.24, 2.45) is 5.92 Å². The number of carbonyl (C=O) groups is 2. The molecular formula is C13H14INO4. The van der Waals surface area contributed by atoms with E-state index in [1.54, 1.807) is 12.1 Å². The zero-order valence-corrected chi connectivity index (χ0v) is 12.3. The van der Waals surface area contributed by atoms with E-state index in [4.69, 9.17) is 5.11 Å². The molecule has 6 heteroatoms. The van der Waals surface area contributed by atoms with Crippen LogP contribution in [0.3, 0.4) is 0 Å². The average Bonchev–Trinajstić information content (AvgIpc) is 2.80. The third-order valence-electron chi connectivity index (χ3n) is 3.32. The lowest BCUT2D eigenvalue weighted by Crippen LogP contribution is -2.33. The van der Waals surface area contributed by atoms with Gasteiger partial charge < -0.3 is 15.5 Å². The number of hydrogen-bond acceptors (Lipinski definition) is 3. The van der Waals surface area contributed by atoms with Crippen molar-refractivity contribution >= 4 is 34.5 Å². The molecule has 1 saturated carbocycles. The summed E-state index contributed by atoms with van der Waals surface area (Å²) in [5, 5.41) is 21.4. The number of benzene rings is 1. The molecule has 0 aromatic heterocycles. The summed E-state index contributed by atoms with van der Waals surface area (Å²) in [5.41, 5.74) is 0.227. The van der Waals surface area contributed by atoms with Crippen LogP contribution in [0.4, 0.5) is 0 Å². The SMILES string of the molecule is O=C(NC1CCC(C(=O)O)C1)c1cc(I)ccc1O. The first-order chi connectivity index (χ1) is 8.97. The number of aromatic hydroxyl groups is 1. The first kappa shape index (κ1) is 14.1. The van der Waals surface area contributed by atoms with E-state index in [9.17, 15) is 14.7 Å². The lowest BCUT2D eigenvalue weighted by Gasteiger charge is -2.13. The molecule has 2 atom stereocenters. The van der Waals surface area contributed by atoms with Crippen LogP contribution < -0.4 is 5.32 Å². The number of hydrogen-bond donors (Lipinski definition) is 3. The van der Waals surface area contributed by atoms with Crippen molar-refractivity contribution in [3.05, 3.63) is 27.3 Å². The van der Waals surface area contributed by atoms with Crippen LogP contribution in [0.2, 0.25) is 0 Å². The van der Waals surface area contributed by atoms with Crippen molar-refractivity contribution < 1.29 is 19.8 Å². The maximum atomic E-state index is 12.0. The highest BCUT2D eigenvalue weighted by Crippen LogP contribution is 2.27. The van der Waals surface area contributed by atoms with Crippen LogP contribution in [-0.4, -0.2) is 28.1 Å². The van der Waals surface area contributed by atoms with E-state index < -0.39 is 5.97 Å². The molecule has 0 bridgehead atoms. The number of carboxylic acids is 1. The summed E-state index contributed by atoms with van der Waals surface area (Å²) in [6, 6.07) is 4.66. The third kappa shape index (κ3) is 3.37. The summed E-state index contributed by atoms with van der Waals surface area (Å²) in [7, 11) is 0. The molecule has 102 valence electrons. The number of phenols is 1. The Hall–Kier alpha value is -1.31. The van der Waals surface area contributed by atoms with Crippen LogP contribution in [0.1, 0.15) is 29.6 Å². The first-order valence-electron chi connectivity index (χ1n) is 5.99. The quantitative estimate of drug-likeness (QED) is 0.706. The van der Waals surface area contributed by atoms with Crippen molar-refractivity contribution in [1.29, 1.82) is 0 Å². The topological polar surface area (TPSA) is 86.6 Å². The molecule has 3 N–H and O–H groups in total. The van der Waals surface area contributed by atoms with Crippen LogP contribution in [0.5, 0.6) is 5.75 Å². The van der Waals surface area contributed by atoms with E-state index in [0.717, 1.165) is 3.57 Å².